The van der Waals surface area contributed by atoms with E-state index in [9.17, 15) is 0 Å². The summed E-state index contributed by atoms with van der Waals surface area (Å²) in [6.45, 7) is 17.1. The van der Waals surface area contributed by atoms with E-state index in [1.165, 1.54) is 12.3 Å². The molecule has 0 saturated carbocycles. The lowest BCUT2D eigenvalue weighted by molar-refractivity contribution is 0.303. The van der Waals surface area contributed by atoms with Crippen LogP contribution in [0.1, 0.15) is 34.6 Å². The summed E-state index contributed by atoms with van der Waals surface area (Å²) in [5.74, 6) is 2.03. The molecule has 0 heterocycles. The Morgan fingerprint density at radius 2 is 1.69 bits per heavy atom. The number of hydrogen-bond donors (Lipinski definition) is 1. The molecule has 0 bridgehead atoms. The van der Waals surface area contributed by atoms with Crippen LogP contribution in [0.2, 0.25) is 0 Å². The second-order valence-corrected chi connectivity index (χ2v) is 6.08. The van der Waals surface area contributed by atoms with E-state index < -0.39 is 0 Å². The van der Waals surface area contributed by atoms with Crippen LogP contribution in [-0.2, 0) is 0 Å². The molecule has 0 aromatic rings. The van der Waals surface area contributed by atoms with E-state index in [0.29, 0.717) is 0 Å². The fourth-order valence-electron chi connectivity index (χ4n) is 1.41. The van der Waals surface area contributed by atoms with Crippen molar-refractivity contribution in [1.29, 1.82) is 0 Å². The van der Waals surface area contributed by atoms with Crippen molar-refractivity contribution >= 4 is 11.8 Å². The van der Waals surface area contributed by atoms with Crippen LogP contribution >= 0.6 is 11.8 Å². The van der Waals surface area contributed by atoms with Crippen molar-refractivity contribution in [3.05, 3.63) is 0 Å². The first-order valence-electron chi connectivity index (χ1n) is 6.66. The van der Waals surface area contributed by atoms with E-state index in [1.807, 2.05) is 0 Å². The number of likely N-dealkylation sites (N-methyl/N-ethyl adjacent to an activating group) is 1. The monoisotopic (exact) mass is 246 g/mol. The highest BCUT2D eigenvalue weighted by atomic mass is 32.2. The van der Waals surface area contributed by atoms with Crippen LogP contribution in [0.5, 0.6) is 0 Å². The third-order valence-electron chi connectivity index (χ3n) is 3.10. The minimum atomic E-state index is 0.782. The molecule has 0 saturated heterocycles. The molecule has 2 nitrogen and oxygen atoms in total. The minimum Gasteiger partial charge on any atom is -0.315 e. The molecule has 3 heteroatoms. The van der Waals surface area contributed by atoms with Gasteiger partial charge in [0.2, 0.25) is 0 Å². The Labute approximate surface area is 107 Å². The molecule has 1 unspecified atom stereocenters. The summed E-state index contributed by atoms with van der Waals surface area (Å²) < 4.78 is 0. The predicted octanol–water partition coefficient (Wildman–Crippen LogP) is 2.70. The molecule has 0 amide bonds. The summed E-state index contributed by atoms with van der Waals surface area (Å²) in [5, 5.41) is 4.30. The van der Waals surface area contributed by atoms with Gasteiger partial charge in [-0.1, -0.05) is 34.6 Å². The number of nitrogens with zero attached hydrogens (tertiary/aromatic N) is 1. The predicted molar refractivity (Wildman–Crippen MR) is 77.4 cm³/mol. The first kappa shape index (κ1) is 16.3. The first-order valence-corrected chi connectivity index (χ1v) is 7.71. The zero-order chi connectivity index (χ0) is 12.4. The zero-order valence-corrected chi connectivity index (χ0v) is 12.6. The van der Waals surface area contributed by atoms with Gasteiger partial charge < -0.3 is 10.2 Å². The molecule has 0 aliphatic rings. The van der Waals surface area contributed by atoms with Gasteiger partial charge in [-0.3, -0.25) is 0 Å². The van der Waals surface area contributed by atoms with Crippen LogP contribution < -0.4 is 5.32 Å². The fraction of sp³-hybridized carbons (Fsp3) is 1.00. The Kier molecular flexibility index (Phi) is 10.6. The Morgan fingerprint density at radius 1 is 1.06 bits per heavy atom. The van der Waals surface area contributed by atoms with Crippen molar-refractivity contribution in [2.45, 2.75) is 39.9 Å². The van der Waals surface area contributed by atoms with Gasteiger partial charge in [0.25, 0.3) is 0 Å². The van der Waals surface area contributed by atoms with Gasteiger partial charge in [0, 0.05) is 30.6 Å². The zero-order valence-electron chi connectivity index (χ0n) is 11.8. The molecule has 0 aliphatic heterocycles. The topological polar surface area (TPSA) is 15.3 Å². The van der Waals surface area contributed by atoms with Crippen molar-refractivity contribution in [2.75, 3.05) is 38.5 Å². The molecule has 98 valence electrons. The van der Waals surface area contributed by atoms with E-state index in [-0.39, 0.29) is 0 Å². The van der Waals surface area contributed by atoms with Crippen molar-refractivity contribution in [3.8, 4) is 0 Å². The highest BCUT2D eigenvalue weighted by molar-refractivity contribution is 7.99. The molecule has 0 spiro atoms. The number of hydrogen-bond acceptors (Lipinski definition) is 3. The minimum absolute atomic E-state index is 0.782. The van der Waals surface area contributed by atoms with Crippen molar-refractivity contribution in [2.24, 2.45) is 5.92 Å². The maximum Gasteiger partial charge on any atom is 0.0107 e. The van der Waals surface area contributed by atoms with E-state index in [4.69, 9.17) is 0 Å². The summed E-state index contributed by atoms with van der Waals surface area (Å²) in [6, 6.07) is 0. The van der Waals surface area contributed by atoms with Crippen LogP contribution in [-0.4, -0.2) is 48.6 Å². The average molecular weight is 246 g/mol. The van der Waals surface area contributed by atoms with Crippen LogP contribution in [0, 0.1) is 5.92 Å². The third kappa shape index (κ3) is 8.43. The molecule has 0 radical (unpaired) electrons. The van der Waals surface area contributed by atoms with Gasteiger partial charge in [-0.15, -0.1) is 0 Å². The van der Waals surface area contributed by atoms with Gasteiger partial charge >= 0.3 is 0 Å². The lowest BCUT2D eigenvalue weighted by Crippen LogP contribution is -2.32. The van der Waals surface area contributed by atoms with Crippen LogP contribution in [0.4, 0.5) is 0 Å². The Morgan fingerprint density at radius 3 is 2.19 bits per heavy atom. The Hall–Kier alpha value is 0.270. The largest absolute Gasteiger partial charge is 0.315 e. The van der Waals surface area contributed by atoms with Crippen LogP contribution in [0.15, 0.2) is 0 Å². The van der Waals surface area contributed by atoms with Crippen LogP contribution in [0.25, 0.3) is 0 Å². The third-order valence-corrected chi connectivity index (χ3v) is 4.61. The van der Waals surface area contributed by atoms with Gasteiger partial charge in [0.1, 0.15) is 0 Å². The second kappa shape index (κ2) is 10.4. The van der Waals surface area contributed by atoms with Crippen molar-refractivity contribution in [3.63, 3.8) is 0 Å². The fourth-order valence-corrected chi connectivity index (χ4v) is 2.43. The lowest BCUT2D eigenvalue weighted by atomic mass is 10.2. The molecule has 0 fully saturated rings. The summed E-state index contributed by atoms with van der Waals surface area (Å²) in [4.78, 5) is 2.46. The SMILES string of the molecule is CCN(CC)CCNCCSC(C)C(C)C. The second-order valence-electron chi connectivity index (χ2n) is 4.60. The molecule has 1 N–H and O–H groups in total. The quantitative estimate of drug-likeness (QED) is 0.597. The summed E-state index contributed by atoms with van der Waals surface area (Å²) in [5.41, 5.74) is 0. The van der Waals surface area contributed by atoms with Gasteiger partial charge in [-0.2, -0.15) is 11.8 Å². The van der Waals surface area contributed by atoms with Gasteiger partial charge in [0.15, 0.2) is 0 Å². The molecule has 0 aromatic heterocycles. The smallest absolute Gasteiger partial charge is 0.0107 e. The number of nitrogens with one attached hydrogen (secondary N) is 1. The highest BCUT2D eigenvalue weighted by Crippen LogP contribution is 2.17. The summed E-state index contributed by atoms with van der Waals surface area (Å²) >= 11 is 2.08. The van der Waals surface area contributed by atoms with E-state index in [2.05, 4.69) is 56.6 Å². The molecule has 0 aliphatic carbocycles. The molecule has 0 aromatic carbocycles. The molecular weight excluding hydrogens is 216 g/mol. The van der Waals surface area contributed by atoms with E-state index >= 15 is 0 Å². The van der Waals surface area contributed by atoms with E-state index in [1.54, 1.807) is 0 Å². The molecule has 16 heavy (non-hydrogen) atoms. The van der Waals surface area contributed by atoms with Gasteiger partial charge in [-0.05, 0) is 19.0 Å². The maximum atomic E-state index is 3.52. The molecular formula is C13H30N2S. The lowest BCUT2D eigenvalue weighted by Gasteiger charge is -2.18. The summed E-state index contributed by atoms with van der Waals surface area (Å²) in [7, 11) is 0. The van der Waals surface area contributed by atoms with E-state index in [0.717, 1.165) is 37.3 Å². The van der Waals surface area contributed by atoms with Crippen LogP contribution in [0.3, 0.4) is 0 Å². The molecule has 1 atom stereocenters. The van der Waals surface area contributed by atoms with Gasteiger partial charge in [0.05, 0.1) is 0 Å². The normalized spacial score (nSPS) is 13.7. The van der Waals surface area contributed by atoms with Crippen molar-refractivity contribution in [1.82, 2.24) is 10.2 Å². The molecule has 0 rings (SSSR count). The Balaban J connectivity index is 3.27. The average Bonchev–Trinajstić information content (AvgIpc) is 2.27. The van der Waals surface area contributed by atoms with Crippen molar-refractivity contribution < 1.29 is 0 Å². The first-order chi connectivity index (χ1) is 7.61. The highest BCUT2D eigenvalue weighted by Gasteiger charge is 2.06. The Bertz CT molecular complexity index is 141. The van der Waals surface area contributed by atoms with Gasteiger partial charge in [-0.25, -0.2) is 0 Å². The number of rotatable bonds is 10. The summed E-state index contributed by atoms with van der Waals surface area (Å²) in [6.07, 6.45) is 0. The standard InChI is InChI=1S/C13H30N2S/c1-6-15(7-2)10-8-14-9-11-16-13(5)12(3)4/h12-14H,6-11H2,1-5H3. The number of thioether (sulfide) groups is 1. The maximum absolute atomic E-state index is 3.52.